The number of benzene rings is 1. The van der Waals surface area contributed by atoms with Crippen molar-refractivity contribution in [3.63, 3.8) is 0 Å². The molecule has 0 N–H and O–H groups in total. The molecule has 0 aliphatic carbocycles. The Morgan fingerprint density at radius 1 is 1.37 bits per heavy atom. The van der Waals surface area contributed by atoms with Crippen molar-refractivity contribution in [1.29, 1.82) is 0 Å². The van der Waals surface area contributed by atoms with Crippen molar-refractivity contribution < 1.29 is 13.2 Å². The van der Waals surface area contributed by atoms with E-state index in [1.807, 2.05) is 6.07 Å². The SMILES string of the molecule is CS(=O)(=O)c1ccc2c(c1)OC(CN1CCC1)CC2. The van der Waals surface area contributed by atoms with E-state index < -0.39 is 9.84 Å². The second-order valence-electron chi connectivity index (χ2n) is 5.47. The summed E-state index contributed by atoms with van der Waals surface area (Å²) in [6.07, 6.45) is 4.69. The van der Waals surface area contributed by atoms with Gasteiger partial charge in [-0.1, -0.05) is 6.07 Å². The van der Waals surface area contributed by atoms with E-state index in [9.17, 15) is 8.42 Å². The maximum Gasteiger partial charge on any atom is 0.175 e. The molecule has 0 spiro atoms. The zero-order valence-corrected chi connectivity index (χ0v) is 11.9. The molecular formula is C14H19NO3S. The van der Waals surface area contributed by atoms with Crippen molar-refractivity contribution in [2.24, 2.45) is 0 Å². The Morgan fingerprint density at radius 3 is 2.79 bits per heavy atom. The van der Waals surface area contributed by atoms with Crippen LogP contribution in [0.2, 0.25) is 0 Å². The lowest BCUT2D eigenvalue weighted by molar-refractivity contribution is 0.0810. The molecule has 19 heavy (non-hydrogen) atoms. The lowest BCUT2D eigenvalue weighted by atomic mass is 10.0. The molecule has 1 aromatic rings. The van der Waals surface area contributed by atoms with E-state index in [2.05, 4.69) is 4.90 Å². The van der Waals surface area contributed by atoms with E-state index in [1.54, 1.807) is 12.1 Å². The Kier molecular flexibility index (Phi) is 3.27. The fourth-order valence-corrected chi connectivity index (χ4v) is 3.25. The summed E-state index contributed by atoms with van der Waals surface area (Å²) < 4.78 is 29.1. The van der Waals surface area contributed by atoms with E-state index in [4.69, 9.17) is 4.74 Å². The summed E-state index contributed by atoms with van der Waals surface area (Å²) in [4.78, 5) is 2.73. The zero-order valence-electron chi connectivity index (χ0n) is 11.1. The number of hydrogen-bond acceptors (Lipinski definition) is 4. The van der Waals surface area contributed by atoms with Gasteiger partial charge in [0, 0.05) is 12.8 Å². The molecule has 4 nitrogen and oxygen atoms in total. The molecule has 0 bridgehead atoms. The van der Waals surface area contributed by atoms with Crippen molar-refractivity contribution in [3.8, 4) is 5.75 Å². The van der Waals surface area contributed by atoms with Gasteiger partial charge in [-0.15, -0.1) is 0 Å². The lowest BCUT2D eigenvalue weighted by Crippen LogP contribution is -2.44. The molecule has 0 radical (unpaired) electrons. The van der Waals surface area contributed by atoms with Crippen LogP contribution < -0.4 is 4.74 Å². The zero-order chi connectivity index (χ0) is 13.5. The number of hydrogen-bond donors (Lipinski definition) is 0. The number of likely N-dealkylation sites (tertiary alicyclic amines) is 1. The maximum absolute atomic E-state index is 11.6. The molecule has 1 unspecified atom stereocenters. The van der Waals surface area contributed by atoms with Crippen LogP contribution in [0.25, 0.3) is 0 Å². The Balaban J connectivity index is 1.78. The van der Waals surface area contributed by atoms with Gasteiger partial charge >= 0.3 is 0 Å². The Hall–Kier alpha value is -1.07. The molecule has 2 aliphatic heterocycles. The van der Waals surface area contributed by atoms with Crippen molar-refractivity contribution in [2.45, 2.75) is 30.3 Å². The van der Waals surface area contributed by atoms with Gasteiger partial charge in [-0.3, -0.25) is 4.90 Å². The van der Waals surface area contributed by atoms with Crippen molar-refractivity contribution in [1.82, 2.24) is 4.90 Å². The first-order chi connectivity index (χ1) is 9.02. The summed E-state index contributed by atoms with van der Waals surface area (Å²) in [5.41, 5.74) is 1.12. The molecule has 1 saturated heterocycles. The quantitative estimate of drug-likeness (QED) is 0.842. The van der Waals surface area contributed by atoms with Crippen LogP contribution in [0, 0.1) is 0 Å². The number of fused-ring (bicyclic) bond motifs is 1. The third kappa shape index (κ3) is 2.77. The van der Waals surface area contributed by atoms with Crippen LogP contribution in [0.1, 0.15) is 18.4 Å². The highest BCUT2D eigenvalue weighted by molar-refractivity contribution is 7.90. The van der Waals surface area contributed by atoms with Crippen LogP contribution >= 0.6 is 0 Å². The summed E-state index contributed by atoms with van der Waals surface area (Å²) in [5.74, 6) is 0.750. The van der Waals surface area contributed by atoms with Crippen LogP contribution in [-0.4, -0.2) is 45.3 Å². The smallest absolute Gasteiger partial charge is 0.175 e. The third-order valence-electron chi connectivity index (χ3n) is 3.91. The molecule has 1 aromatic carbocycles. The first-order valence-electron chi connectivity index (χ1n) is 6.74. The first-order valence-corrected chi connectivity index (χ1v) is 8.63. The van der Waals surface area contributed by atoms with Gasteiger partial charge in [0.15, 0.2) is 9.84 Å². The molecular weight excluding hydrogens is 262 g/mol. The second kappa shape index (κ2) is 4.80. The van der Waals surface area contributed by atoms with Gasteiger partial charge in [-0.05, 0) is 50.0 Å². The number of sulfone groups is 1. The third-order valence-corrected chi connectivity index (χ3v) is 5.02. The van der Waals surface area contributed by atoms with Gasteiger partial charge in [0.1, 0.15) is 11.9 Å². The molecule has 2 heterocycles. The van der Waals surface area contributed by atoms with Crippen LogP contribution in [-0.2, 0) is 16.3 Å². The standard InChI is InChI=1S/C14H19NO3S/c1-19(16,17)13-6-4-11-3-5-12(18-14(11)9-13)10-15-7-2-8-15/h4,6,9,12H,2-3,5,7-8,10H2,1H3. The van der Waals surface area contributed by atoms with Crippen LogP contribution in [0.15, 0.2) is 23.1 Å². The second-order valence-corrected chi connectivity index (χ2v) is 7.49. The summed E-state index contributed by atoms with van der Waals surface area (Å²) in [7, 11) is -3.16. The molecule has 5 heteroatoms. The first kappa shape index (κ1) is 12.9. The predicted molar refractivity (Wildman–Crippen MR) is 73.3 cm³/mol. The Bertz CT molecular complexity index is 578. The molecule has 104 valence electrons. The van der Waals surface area contributed by atoms with E-state index in [0.717, 1.165) is 43.8 Å². The van der Waals surface area contributed by atoms with E-state index in [-0.39, 0.29) is 6.10 Å². The summed E-state index contributed by atoms with van der Waals surface area (Å²) in [6, 6.07) is 5.23. The number of aryl methyl sites for hydroxylation is 1. The van der Waals surface area contributed by atoms with Gasteiger partial charge < -0.3 is 4.74 Å². The number of ether oxygens (including phenoxy) is 1. The molecule has 1 fully saturated rings. The van der Waals surface area contributed by atoms with Crippen molar-refractivity contribution in [2.75, 3.05) is 25.9 Å². The average molecular weight is 281 g/mol. The molecule has 1 atom stereocenters. The highest BCUT2D eigenvalue weighted by Crippen LogP contribution is 2.30. The van der Waals surface area contributed by atoms with Crippen LogP contribution in [0.5, 0.6) is 5.75 Å². The minimum Gasteiger partial charge on any atom is -0.489 e. The van der Waals surface area contributed by atoms with Crippen LogP contribution in [0.3, 0.4) is 0 Å². The van der Waals surface area contributed by atoms with Crippen molar-refractivity contribution in [3.05, 3.63) is 23.8 Å². The fourth-order valence-electron chi connectivity index (χ4n) is 2.62. The molecule has 3 rings (SSSR count). The van der Waals surface area contributed by atoms with Crippen LogP contribution in [0.4, 0.5) is 0 Å². The summed E-state index contributed by atoms with van der Waals surface area (Å²) >= 11 is 0. The topological polar surface area (TPSA) is 46.6 Å². The summed E-state index contributed by atoms with van der Waals surface area (Å²) in [6.45, 7) is 3.29. The molecule has 0 aromatic heterocycles. The summed E-state index contributed by atoms with van der Waals surface area (Å²) in [5, 5.41) is 0. The van der Waals surface area contributed by atoms with E-state index in [1.165, 1.54) is 12.7 Å². The van der Waals surface area contributed by atoms with Gasteiger partial charge in [0.2, 0.25) is 0 Å². The fraction of sp³-hybridized carbons (Fsp3) is 0.571. The minimum absolute atomic E-state index is 0.197. The minimum atomic E-state index is -3.16. The number of rotatable bonds is 3. The van der Waals surface area contributed by atoms with Gasteiger partial charge in [0.05, 0.1) is 4.90 Å². The largest absolute Gasteiger partial charge is 0.489 e. The van der Waals surface area contributed by atoms with Gasteiger partial charge in [-0.25, -0.2) is 8.42 Å². The molecule has 0 amide bonds. The van der Waals surface area contributed by atoms with Gasteiger partial charge in [-0.2, -0.15) is 0 Å². The molecule has 2 aliphatic rings. The predicted octanol–water partition coefficient (Wildman–Crippen LogP) is 1.49. The Morgan fingerprint density at radius 2 is 2.16 bits per heavy atom. The highest BCUT2D eigenvalue weighted by atomic mass is 32.2. The number of nitrogens with zero attached hydrogens (tertiary/aromatic N) is 1. The Labute approximate surface area is 114 Å². The monoisotopic (exact) mass is 281 g/mol. The van der Waals surface area contributed by atoms with E-state index >= 15 is 0 Å². The molecule has 0 saturated carbocycles. The normalized spacial score (nSPS) is 23.3. The van der Waals surface area contributed by atoms with Gasteiger partial charge in [0.25, 0.3) is 0 Å². The maximum atomic E-state index is 11.6. The van der Waals surface area contributed by atoms with E-state index in [0.29, 0.717) is 4.90 Å². The van der Waals surface area contributed by atoms with Crippen molar-refractivity contribution >= 4 is 9.84 Å². The lowest BCUT2D eigenvalue weighted by Gasteiger charge is -2.36. The highest BCUT2D eigenvalue weighted by Gasteiger charge is 2.25. The average Bonchev–Trinajstić information content (AvgIpc) is 2.32.